The van der Waals surface area contributed by atoms with Crippen molar-refractivity contribution in [3.8, 4) is 0 Å². The topological polar surface area (TPSA) is 56.4 Å². The Balaban J connectivity index is 1.65. The number of hydrogen-bond donors (Lipinski definition) is 3. The summed E-state index contributed by atoms with van der Waals surface area (Å²) in [6.45, 7) is 0. The minimum absolute atomic E-state index is 0.343. The van der Waals surface area contributed by atoms with Crippen LogP contribution >= 0.6 is 23.8 Å². The molecule has 31 heavy (non-hydrogen) atoms. The summed E-state index contributed by atoms with van der Waals surface area (Å²) in [5, 5.41) is 9.54. The smallest absolute Gasteiger partial charge is 0.261 e. The molecule has 9 heteroatoms. The zero-order valence-electron chi connectivity index (χ0n) is 16.7. The molecule has 0 bridgehead atoms. The first kappa shape index (κ1) is 22.5. The van der Waals surface area contributed by atoms with E-state index in [-0.39, 0.29) is 0 Å². The van der Waals surface area contributed by atoms with Crippen LogP contribution in [-0.4, -0.2) is 25.1 Å². The highest BCUT2D eigenvalue weighted by Crippen LogP contribution is 2.32. The van der Waals surface area contributed by atoms with Gasteiger partial charge in [-0.25, -0.2) is 8.78 Å². The summed E-state index contributed by atoms with van der Waals surface area (Å²) in [6.07, 6.45) is 0. The predicted molar refractivity (Wildman–Crippen MR) is 126 cm³/mol. The zero-order valence-corrected chi connectivity index (χ0v) is 18.2. The third kappa shape index (κ3) is 5.48. The Morgan fingerprint density at radius 2 is 1.42 bits per heavy atom. The highest BCUT2D eigenvalue weighted by molar-refractivity contribution is 7.80. The van der Waals surface area contributed by atoms with Gasteiger partial charge in [0.1, 0.15) is 17.2 Å². The summed E-state index contributed by atoms with van der Waals surface area (Å²) in [6, 6.07) is 15.2. The van der Waals surface area contributed by atoms with E-state index in [1.54, 1.807) is 30.3 Å². The monoisotopic (exact) mass is 460 g/mol. The standard InChI is InChI=1S/C22H19ClF2N4OS/c1-29(2)20-15(23)5-3-8-18(20)28-22(31)27-14-11-9-13(10-12-14)26-21(30)19-16(24)6-4-7-17(19)25/h3-12H,1-2H3,(H,26,30)(H2,27,28,31). The molecule has 0 heterocycles. The fourth-order valence-corrected chi connectivity index (χ4v) is 3.47. The quantitative estimate of drug-likeness (QED) is 0.423. The predicted octanol–water partition coefficient (Wildman–Crippen LogP) is 5.75. The maximum absolute atomic E-state index is 13.7. The van der Waals surface area contributed by atoms with Gasteiger partial charge >= 0.3 is 0 Å². The Morgan fingerprint density at radius 3 is 2.00 bits per heavy atom. The number of nitrogens with one attached hydrogen (secondary N) is 3. The van der Waals surface area contributed by atoms with Crippen molar-refractivity contribution in [2.75, 3.05) is 34.9 Å². The average molecular weight is 461 g/mol. The molecule has 3 N–H and O–H groups in total. The lowest BCUT2D eigenvalue weighted by Gasteiger charge is -2.20. The maximum atomic E-state index is 13.7. The van der Waals surface area contributed by atoms with Gasteiger partial charge in [-0.15, -0.1) is 0 Å². The molecule has 0 spiro atoms. The Bertz CT molecular complexity index is 1100. The minimum atomic E-state index is -0.926. The number of hydrogen-bond acceptors (Lipinski definition) is 3. The van der Waals surface area contributed by atoms with E-state index >= 15 is 0 Å². The molecule has 0 unspecified atom stereocenters. The average Bonchev–Trinajstić information content (AvgIpc) is 2.69. The first-order chi connectivity index (χ1) is 14.8. The normalized spacial score (nSPS) is 10.4. The van der Waals surface area contributed by atoms with Crippen molar-refractivity contribution in [1.29, 1.82) is 0 Å². The van der Waals surface area contributed by atoms with Crippen molar-refractivity contribution in [3.63, 3.8) is 0 Å². The molecule has 0 fully saturated rings. The molecule has 0 aliphatic rings. The molecule has 0 saturated heterocycles. The van der Waals surface area contributed by atoms with E-state index in [0.717, 1.165) is 23.5 Å². The Labute approximate surface area is 189 Å². The van der Waals surface area contributed by atoms with Crippen molar-refractivity contribution >= 4 is 57.6 Å². The van der Waals surface area contributed by atoms with Gasteiger partial charge in [-0.1, -0.05) is 23.7 Å². The second-order valence-corrected chi connectivity index (χ2v) is 7.55. The molecular formula is C22H19ClF2N4OS. The van der Waals surface area contributed by atoms with Gasteiger partial charge in [0.05, 0.1) is 16.4 Å². The van der Waals surface area contributed by atoms with Crippen molar-refractivity contribution in [3.05, 3.63) is 82.9 Å². The second-order valence-electron chi connectivity index (χ2n) is 6.74. The number of carbonyl (C=O) groups is 1. The summed E-state index contributed by atoms with van der Waals surface area (Å²) in [5.74, 6) is -2.72. The molecule has 0 atom stereocenters. The van der Waals surface area contributed by atoms with Crippen LogP contribution in [0.5, 0.6) is 0 Å². The molecule has 0 radical (unpaired) electrons. The Kier molecular flexibility index (Phi) is 7.04. The molecule has 3 aromatic carbocycles. The highest BCUT2D eigenvalue weighted by atomic mass is 35.5. The van der Waals surface area contributed by atoms with E-state index in [4.69, 9.17) is 23.8 Å². The molecular weight excluding hydrogens is 442 g/mol. The first-order valence-corrected chi connectivity index (χ1v) is 9.94. The fraction of sp³-hybridized carbons (Fsp3) is 0.0909. The van der Waals surface area contributed by atoms with E-state index in [1.807, 2.05) is 31.1 Å². The zero-order chi connectivity index (χ0) is 22.5. The van der Waals surface area contributed by atoms with E-state index in [2.05, 4.69) is 16.0 Å². The number of benzene rings is 3. The van der Waals surface area contributed by atoms with Gasteiger partial charge in [-0.3, -0.25) is 4.79 Å². The third-order valence-corrected chi connectivity index (χ3v) is 4.78. The van der Waals surface area contributed by atoms with Gasteiger partial charge < -0.3 is 20.9 Å². The third-order valence-electron chi connectivity index (χ3n) is 4.27. The van der Waals surface area contributed by atoms with Crippen LogP contribution in [-0.2, 0) is 0 Å². The van der Waals surface area contributed by atoms with E-state index in [0.29, 0.717) is 21.5 Å². The van der Waals surface area contributed by atoms with Gasteiger partial charge in [-0.05, 0) is 60.7 Å². The van der Waals surface area contributed by atoms with Crippen molar-refractivity contribution < 1.29 is 13.6 Å². The molecule has 0 aromatic heterocycles. The number of halogens is 3. The lowest BCUT2D eigenvalue weighted by molar-refractivity contribution is 0.101. The van der Waals surface area contributed by atoms with Crippen LogP contribution in [0.15, 0.2) is 60.7 Å². The molecule has 5 nitrogen and oxygen atoms in total. The summed E-state index contributed by atoms with van der Waals surface area (Å²) in [5.41, 5.74) is 1.94. The number of para-hydroxylation sites is 1. The Hall–Kier alpha value is -3.23. The van der Waals surface area contributed by atoms with Crippen LogP contribution in [0.3, 0.4) is 0 Å². The summed E-state index contributed by atoms with van der Waals surface area (Å²) in [7, 11) is 3.76. The van der Waals surface area contributed by atoms with Crippen LogP contribution in [0.1, 0.15) is 10.4 Å². The van der Waals surface area contributed by atoms with Crippen LogP contribution in [0.4, 0.5) is 31.5 Å². The van der Waals surface area contributed by atoms with Gasteiger partial charge in [0.2, 0.25) is 0 Å². The van der Waals surface area contributed by atoms with Crippen LogP contribution < -0.4 is 20.9 Å². The number of amides is 1. The molecule has 3 rings (SSSR count). The summed E-state index contributed by atoms with van der Waals surface area (Å²) >= 11 is 11.6. The van der Waals surface area contributed by atoms with Gasteiger partial charge in [0.25, 0.3) is 5.91 Å². The first-order valence-electron chi connectivity index (χ1n) is 9.15. The minimum Gasteiger partial charge on any atom is -0.375 e. The molecule has 0 saturated carbocycles. The SMILES string of the molecule is CN(C)c1c(Cl)cccc1NC(=S)Nc1ccc(NC(=O)c2c(F)cccc2F)cc1. The number of thiocarbonyl (C=S) groups is 1. The highest BCUT2D eigenvalue weighted by Gasteiger charge is 2.17. The molecule has 0 aliphatic heterocycles. The number of carbonyl (C=O) groups excluding carboxylic acids is 1. The summed E-state index contributed by atoms with van der Waals surface area (Å²) in [4.78, 5) is 14.1. The van der Waals surface area contributed by atoms with Gasteiger partial charge in [0.15, 0.2) is 5.11 Å². The van der Waals surface area contributed by atoms with Crippen molar-refractivity contribution in [2.45, 2.75) is 0 Å². The maximum Gasteiger partial charge on any atom is 0.261 e. The van der Waals surface area contributed by atoms with Crippen LogP contribution in [0.25, 0.3) is 0 Å². The number of rotatable bonds is 5. The fourth-order valence-electron chi connectivity index (χ4n) is 2.90. The molecule has 3 aromatic rings. The Morgan fingerprint density at radius 1 is 0.871 bits per heavy atom. The lowest BCUT2D eigenvalue weighted by Crippen LogP contribution is -2.21. The van der Waals surface area contributed by atoms with Crippen molar-refractivity contribution in [1.82, 2.24) is 0 Å². The van der Waals surface area contributed by atoms with E-state index < -0.39 is 23.1 Å². The molecule has 0 aliphatic carbocycles. The van der Waals surface area contributed by atoms with Gasteiger partial charge in [0, 0.05) is 25.5 Å². The second kappa shape index (κ2) is 9.72. The molecule has 1 amide bonds. The largest absolute Gasteiger partial charge is 0.375 e. The van der Waals surface area contributed by atoms with E-state index in [9.17, 15) is 13.6 Å². The van der Waals surface area contributed by atoms with Crippen LogP contribution in [0.2, 0.25) is 5.02 Å². The number of nitrogens with zero attached hydrogens (tertiary/aromatic N) is 1. The lowest BCUT2D eigenvalue weighted by atomic mass is 10.1. The van der Waals surface area contributed by atoms with Crippen LogP contribution in [0, 0.1) is 11.6 Å². The van der Waals surface area contributed by atoms with E-state index in [1.165, 1.54) is 6.07 Å². The van der Waals surface area contributed by atoms with Gasteiger partial charge in [-0.2, -0.15) is 0 Å². The molecule has 160 valence electrons. The number of anilines is 4. The summed E-state index contributed by atoms with van der Waals surface area (Å²) < 4.78 is 27.5. The van der Waals surface area contributed by atoms with Crippen molar-refractivity contribution in [2.24, 2.45) is 0 Å².